The lowest BCUT2D eigenvalue weighted by atomic mass is 9.87. The lowest BCUT2D eigenvalue weighted by Gasteiger charge is -2.33. The van der Waals surface area contributed by atoms with E-state index in [1.165, 1.54) is 10.4 Å². The van der Waals surface area contributed by atoms with Crippen molar-refractivity contribution in [2.24, 2.45) is 11.8 Å². The number of hydrogen-bond acceptors (Lipinski definition) is 2. The predicted octanol–water partition coefficient (Wildman–Crippen LogP) is 3.76. The Bertz CT molecular complexity index is 618. The summed E-state index contributed by atoms with van der Waals surface area (Å²) in [6, 6.07) is 3.95. The normalized spacial score (nSPS) is 18.8. The average Bonchev–Trinajstić information content (AvgIpc) is 2.46. The molecule has 1 aliphatic rings. The summed E-state index contributed by atoms with van der Waals surface area (Å²) in [7, 11) is -3.86. The first-order valence-electron chi connectivity index (χ1n) is 7.30. The zero-order valence-corrected chi connectivity index (χ0v) is 13.4. The van der Waals surface area contributed by atoms with Crippen molar-refractivity contribution in [2.75, 3.05) is 13.1 Å². The van der Waals surface area contributed by atoms with Crippen molar-refractivity contribution in [3.63, 3.8) is 0 Å². The number of alkyl halides is 3. The van der Waals surface area contributed by atoms with Gasteiger partial charge in [0.25, 0.3) is 0 Å². The number of sulfonamides is 1. The van der Waals surface area contributed by atoms with E-state index >= 15 is 0 Å². The molecule has 1 aromatic rings. The summed E-state index contributed by atoms with van der Waals surface area (Å²) < 4.78 is 64.5. The van der Waals surface area contributed by atoms with Crippen LogP contribution in [0.15, 0.2) is 29.2 Å². The summed E-state index contributed by atoms with van der Waals surface area (Å²) in [4.78, 5) is -0.287. The third kappa shape index (κ3) is 3.63. The summed E-state index contributed by atoms with van der Waals surface area (Å²) in [6.45, 7) is 4.92. The number of piperidine rings is 1. The smallest absolute Gasteiger partial charge is 0.207 e. The minimum absolute atomic E-state index is 0.287. The van der Waals surface area contributed by atoms with Gasteiger partial charge in [-0.1, -0.05) is 19.9 Å². The maximum atomic E-state index is 12.7. The van der Waals surface area contributed by atoms with Crippen LogP contribution < -0.4 is 0 Å². The van der Waals surface area contributed by atoms with Crippen LogP contribution in [-0.4, -0.2) is 25.8 Å². The third-order valence-corrected chi connectivity index (χ3v) is 6.14. The summed E-state index contributed by atoms with van der Waals surface area (Å²) in [5.41, 5.74) is -0.939. The van der Waals surface area contributed by atoms with E-state index in [0.717, 1.165) is 25.0 Å². The third-order valence-electron chi connectivity index (χ3n) is 4.24. The lowest BCUT2D eigenvalue weighted by molar-refractivity contribution is -0.137. The quantitative estimate of drug-likeness (QED) is 0.843. The van der Waals surface area contributed by atoms with Gasteiger partial charge >= 0.3 is 6.18 Å². The van der Waals surface area contributed by atoms with Gasteiger partial charge in [0.15, 0.2) is 0 Å². The first-order valence-corrected chi connectivity index (χ1v) is 8.74. The fourth-order valence-electron chi connectivity index (χ4n) is 2.76. The Morgan fingerprint density at radius 2 is 1.77 bits per heavy atom. The molecule has 0 spiro atoms. The van der Waals surface area contributed by atoms with Crippen LogP contribution >= 0.6 is 0 Å². The number of halogens is 3. The fraction of sp³-hybridized carbons (Fsp3) is 0.600. The molecule has 0 unspecified atom stereocenters. The highest BCUT2D eigenvalue weighted by molar-refractivity contribution is 7.89. The Balaban J connectivity index is 2.21. The topological polar surface area (TPSA) is 37.4 Å². The van der Waals surface area contributed by atoms with Crippen molar-refractivity contribution in [1.29, 1.82) is 0 Å². The van der Waals surface area contributed by atoms with E-state index in [1.54, 1.807) is 0 Å². The predicted molar refractivity (Wildman–Crippen MR) is 77.8 cm³/mol. The molecule has 22 heavy (non-hydrogen) atoms. The summed E-state index contributed by atoms with van der Waals surface area (Å²) in [5, 5.41) is 0. The Hall–Kier alpha value is -1.08. The van der Waals surface area contributed by atoms with Gasteiger partial charge in [0.1, 0.15) is 0 Å². The van der Waals surface area contributed by atoms with E-state index in [4.69, 9.17) is 0 Å². The molecule has 1 fully saturated rings. The van der Waals surface area contributed by atoms with Crippen LogP contribution in [0.25, 0.3) is 0 Å². The summed E-state index contributed by atoms with van der Waals surface area (Å²) in [5.74, 6) is 0.950. The van der Waals surface area contributed by atoms with Gasteiger partial charge in [-0.05, 0) is 42.9 Å². The monoisotopic (exact) mass is 335 g/mol. The molecule has 0 saturated carbocycles. The van der Waals surface area contributed by atoms with Gasteiger partial charge in [0, 0.05) is 13.1 Å². The van der Waals surface area contributed by atoms with Crippen molar-refractivity contribution >= 4 is 10.0 Å². The number of rotatable bonds is 3. The molecule has 124 valence electrons. The summed E-state index contributed by atoms with van der Waals surface area (Å²) >= 11 is 0. The minimum Gasteiger partial charge on any atom is -0.207 e. The zero-order valence-electron chi connectivity index (χ0n) is 12.6. The van der Waals surface area contributed by atoms with Gasteiger partial charge < -0.3 is 0 Å². The Labute approximate surface area is 129 Å². The van der Waals surface area contributed by atoms with Crippen molar-refractivity contribution < 1.29 is 21.6 Å². The molecule has 0 N–H and O–H groups in total. The molecule has 3 nitrogen and oxygen atoms in total. The molecule has 1 aromatic carbocycles. The highest BCUT2D eigenvalue weighted by Gasteiger charge is 2.34. The molecule has 0 aliphatic carbocycles. The minimum atomic E-state index is -4.55. The van der Waals surface area contributed by atoms with Crippen LogP contribution in [0.3, 0.4) is 0 Å². The van der Waals surface area contributed by atoms with E-state index in [-0.39, 0.29) is 4.90 Å². The van der Waals surface area contributed by atoms with Gasteiger partial charge in [-0.3, -0.25) is 0 Å². The maximum absolute atomic E-state index is 12.7. The number of hydrogen-bond donors (Lipinski definition) is 0. The summed E-state index contributed by atoms with van der Waals surface area (Å²) in [6.07, 6.45) is -3.05. The van der Waals surface area contributed by atoms with E-state index in [2.05, 4.69) is 13.8 Å². The van der Waals surface area contributed by atoms with Gasteiger partial charge in [0.2, 0.25) is 10.0 Å². The second-order valence-corrected chi connectivity index (χ2v) is 7.95. The SMILES string of the molecule is CC(C)C1CCN(S(=O)(=O)c2cccc(C(F)(F)F)c2)CC1. The molecule has 0 radical (unpaired) electrons. The Morgan fingerprint density at radius 1 is 1.18 bits per heavy atom. The largest absolute Gasteiger partial charge is 0.416 e. The molecule has 1 heterocycles. The van der Waals surface area contributed by atoms with Crippen LogP contribution in [0, 0.1) is 11.8 Å². The van der Waals surface area contributed by atoms with Crippen LogP contribution in [-0.2, 0) is 16.2 Å². The molecule has 1 saturated heterocycles. The van der Waals surface area contributed by atoms with E-state index in [9.17, 15) is 21.6 Å². The second-order valence-electron chi connectivity index (χ2n) is 6.01. The van der Waals surface area contributed by atoms with Crippen LogP contribution in [0.5, 0.6) is 0 Å². The molecule has 2 rings (SSSR count). The number of nitrogens with zero attached hydrogens (tertiary/aromatic N) is 1. The first-order chi connectivity index (χ1) is 10.1. The van der Waals surface area contributed by atoms with Crippen molar-refractivity contribution in [2.45, 2.75) is 37.8 Å². The molecule has 7 heteroatoms. The standard InChI is InChI=1S/C15H20F3NO2S/c1-11(2)12-6-8-19(9-7-12)22(20,21)14-5-3-4-13(10-14)15(16,17)18/h3-5,10-12H,6-9H2,1-2H3. The first kappa shape index (κ1) is 17.3. The Kier molecular flexibility index (Phi) is 4.87. The van der Waals surface area contributed by atoms with Gasteiger partial charge in [-0.15, -0.1) is 0 Å². The molecular formula is C15H20F3NO2S. The van der Waals surface area contributed by atoms with Crippen LogP contribution in [0.2, 0.25) is 0 Å². The van der Waals surface area contributed by atoms with E-state index in [1.807, 2.05) is 0 Å². The zero-order chi connectivity index (χ0) is 16.5. The molecule has 0 amide bonds. The second kappa shape index (κ2) is 6.20. The molecule has 0 aromatic heterocycles. The number of benzene rings is 1. The highest BCUT2D eigenvalue weighted by Crippen LogP contribution is 2.32. The van der Waals surface area contributed by atoms with Crippen LogP contribution in [0.1, 0.15) is 32.3 Å². The highest BCUT2D eigenvalue weighted by atomic mass is 32.2. The van der Waals surface area contributed by atoms with Gasteiger partial charge in [0.05, 0.1) is 10.5 Å². The fourth-order valence-corrected chi connectivity index (χ4v) is 4.28. The maximum Gasteiger partial charge on any atom is 0.416 e. The molecular weight excluding hydrogens is 315 g/mol. The van der Waals surface area contributed by atoms with Crippen molar-refractivity contribution in [3.8, 4) is 0 Å². The molecule has 0 bridgehead atoms. The van der Waals surface area contributed by atoms with Gasteiger partial charge in [-0.25, -0.2) is 8.42 Å². The van der Waals surface area contributed by atoms with Crippen molar-refractivity contribution in [3.05, 3.63) is 29.8 Å². The lowest BCUT2D eigenvalue weighted by Crippen LogP contribution is -2.39. The van der Waals surface area contributed by atoms with Crippen LogP contribution in [0.4, 0.5) is 13.2 Å². The Morgan fingerprint density at radius 3 is 2.27 bits per heavy atom. The average molecular weight is 335 g/mol. The van der Waals surface area contributed by atoms with E-state index < -0.39 is 21.8 Å². The van der Waals surface area contributed by atoms with Crippen molar-refractivity contribution in [1.82, 2.24) is 4.31 Å². The van der Waals surface area contributed by atoms with E-state index in [0.29, 0.717) is 31.0 Å². The molecule has 1 aliphatic heterocycles. The molecule has 0 atom stereocenters. The van der Waals surface area contributed by atoms with Gasteiger partial charge in [-0.2, -0.15) is 17.5 Å².